The number of nitrogens with one attached hydrogen (secondary N) is 5. The number of carbonyl (C=O) groups excluding carboxylic acids is 6. The van der Waals surface area contributed by atoms with Crippen LogP contribution >= 0.6 is 0 Å². The normalized spacial score (nSPS) is 19.9. The fourth-order valence-corrected chi connectivity index (χ4v) is 5.47. The van der Waals surface area contributed by atoms with Crippen LogP contribution in [0.15, 0.2) is 30.3 Å². The highest BCUT2D eigenvalue weighted by Crippen LogP contribution is 2.36. The van der Waals surface area contributed by atoms with Gasteiger partial charge in [0.1, 0.15) is 23.7 Å². The average molecular weight is 675 g/mol. The zero-order valence-corrected chi connectivity index (χ0v) is 28.9. The molecule has 0 aromatic heterocycles. The van der Waals surface area contributed by atoms with Crippen LogP contribution in [0, 0.1) is 17.8 Å². The van der Waals surface area contributed by atoms with E-state index in [4.69, 9.17) is 4.74 Å². The zero-order valence-electron chi connectivity index (χ0n) is 28.9. The van der Waals surface area contributed by atoms with E-state index < -0.39 is 84.2 Å². The second-order valence-corrected chi connectivity index (χ2v) is 13.7. The van der Waals surface area contributed by atoms with Crippen molar-refractivity contribution in [1.82, 2.24) is 26.6 Å². The van der Waals surface area contributed by atoms with Crippen LogP contribution < -0.4 is 26.6 Å². The SMILES string of the molecule is CC(NC(=O)C(C)NC(=O)C(CO)NC(=O)OC(C)(C)C)C(=O)NC(Cc1ccccc1)C(O)C1CCCC1C(=O)NC([C]=O)C(C)C. The Kier molecular flexibility index (Phi) is 15.5. The smallest absolute Gasteiger partial charge is 0.408 e. The van der Waals surface area contributed by atoms with Gasteiger partial charge in [0.05, 0.1) is 24.8 Å². The summed E-state index contributed by atoms with van der Waals surface area (Å²) in [4.78, 5) is 75.5. The Labute approximate surface area is 282 Å². The number of benzene rings is 1. The number of amides is 5. The van der Waals surface area contributed by atoms with E-state index in [9.17, 15) is 39.0 Å². The van der Waals surface area contributed by atoms with Crippen molar-refractivity contribution in [2.24, 2.45) is 17.8 Å². The van der Waals surface area contributed by atoms with Crippen molar-refractivity contribution in [3.8, 4) is 0 Å². The van der Waals surface area contributed by atoms with Crippen LogP contribution in [0.2, 0.25) is 0 Å². The molecule has 1 aliphatic rings. The van der Waals surface area contributed by atoms with Gasteiger partial charge in [-0.15, -0.1) is 0 Å². The molecule has 2 rings (SSSR count). The highest BCUT2D eigenvalue weighted by molar-refractivity contribution is 5.93. The summed E-state index contributed by atoms with van der Waals surface area (Å²) in [6.07, 6.45) is 1.80. The van der Waals surface area contributed by atoms with Crippen molar-refractivity contribution in [2.75, 3.05) is 6.61 Å². The maximum atomic E-state index is 13.4. The Bertz CT molecular complexity index is 1250. The van der Waals surface area contributed by atoms with E-state index in [1.54, 1.807) is 34.6 Å². The largest absolute Gasteiger partial charge is 0.444 e. The van der Waals surface area contributed by atoms with E-state index in [1.165, 1.54) is 13.8 Å². The first-order valence-electron chi connectivity index (χ1n) is 16.4. The van der Waals surface area contributed by atoms with E-state index in [0.717, 1.165) is 5.56 Å². The van der Waals surface area contributed by atoms with Crippen molar-refractivity contribution < 1.29 is 43.7 Å². The molecule has 1 aliphatic carbocycles. The first kappa shape index (κ1) is 40.1. The van der Waals surface area contributed by atoms with Crippen LogP contribution in [0.25, 0.3) is 0 Å². The lowest BCUT2D eigenvalue weighted by Crippen LogP contribution is -2.58. The molecule has 1 fully saturated rings. The molecule has 1 saturated carbocycles. The predicted octanol–water partition coefficient (Wildman–Crippen LogP) is 0.637. The van der Waals surface area contributed by atoms with Gasteiger partial charge >= 0.3 is 6.09 Å². The van der Waals surface area contributed by atoms with Crippen LogP contribution in [-0.2, 0) is 35.1 Å². The summed E-state index contributed by atoms with van der Waals surface area (Å²) in [6.45, 7) is 10.6. The van der Waals surface area contributed by atoms with Gasteiger partial charge in [-0.3, -0.25) is 24.0 Å². The molecule has 8 atom stereocenters. The van der Waals surface area contributed by atoms with Gasteiger partial charge in [0, 0.05) is 5.92 Å². The molecule has 0 bridgehead atoms. The molecule has 14 heteroatoms. The summed E-state index contributed by atoms with van der Waals surface area (Å²) < 4.78 is 5.10. The van der Waals surface area contributed by atoms with E-state index in [0.29, 0.717) is 19.3 Å². The van der Waals surface area contributed by atoms with Gasteiger partial charge in [-0.05, 0) is 71.3 Å². The number of rotatable bonds is 16. The molecule has 0 aliphatic heterocycles. The minimum Gasteiger partial charge on any atom is -0.444 e. The third kappa shape index (κ3) is 12.5. The van der Waals surface area contributed by atoms with Crippen LogP contribution in [0.3, 0.4) is 0 Å². The molecule has 0 saturated heterocycles. The molecule has 267 valence electrons. The van der Waals surface area contributed by atoms with E-state index in [2.05, 4.69) is 26.6 Å². The van der Waals surface area contributed by atoms with Gasteiger partial charge in [-0.25, -0.2) is 4.79 Å². The second-order valence-electron chi connectivity index (χ2n) is 13.7. The number of carbonyl (C=O) groups is 5. The summed E-state index contributed by atoms with van der Waals surface area (Å²) in [7, 11) is 0. The first-order chi connectivity index (χ1) is 22.5. The molecule has 14 nitrogen and oxygen atoms in total. The predicted molar refractivity (Wildman–Crippen MR) is 177 cm³/mol. The molecular weight excluding hydrogens is 622 g/mol. The highest BCUT2D eigenvalue weighted by atomic mass is 16.6. The second kappa shape index (κ2) is 18.5. The molecule has 1 radical (unpaired) electrons. The molecule has 0 heterocycles. The minimum absolute atomic E-state index is 0.154. The van der Waals surface area contributed by atoms with Gasteiger partial charge < -0.3 is 41.5 Å². The number of hydrogen-bond donors (Lipinski definition) is 7. The standard InChI is InChI=1S/C34H52N5O9/c1-19(2)26(17-40)38-31(45)24-15-11-14-23(24)28(42)25(16-22-12-9-8-10-13-22)37-30(44)21(4)35-29(43)20(3)36-32(46)27(18-41)39-33(47)48-34(5,6)7/h8-10,12-13,19-21,23-28,41-42H,11,14-16,18H2,1-7H3,(H,35,43)(H,36,46)(H,37,44)(H,38,45)(H,39,47). The summed E-state index contributed by atoms with van der Waals surface area (Å²) in [5.74, 6) is -3.71. The van der Waals surface area contributed by atoms with Gasteiger partial charge in [0.2, 0.25) is 29.9 Å². The van der Waals surface area contributed by atoms with E-state index in [-0.39, 0.29) is 18.2 Å². The molecule has 48 heavy (non-hydrogen) atoms. The Morgan fingerprint density at radius 2 is 1.46 bits per heavy atom. The fraction of sp³-hybridized carbons (Fsp3) is 0.647. The molecular formula is C34H52N5O9. The number of aliphatic hydroxyl groups excluding tert-OH is 2. The van der Waals surface area contributed by atoms with Crippen molar-refractivity contribution in [2.45, 2.75) is 116 Å². The molecule has 5 amide bonds. The lowest BCUT2D eigenvalue weighted by molar-refractivity contribution is -0.133. The van der Waals surface area contributed by atoms with Crippen molar-refractivity contribution in [3.63, 3.8) is 0 Å². The van der Waals surface area contributed by atoms with Gasteiger partial charge in [-0.1, -0.05) is 50.6 Å². The van der Waals surface area contributed by atoms with Crippen molar-refractivity contribution in [1.29, 1.82) is 0 Å². The van der Waals surface area contributed by atoms with Gasteiger partial charge in [-0.2, -0.15) is 0 Å². The summed E-state index contributed by atoms with van der Waals surface area (Å²) in [5, 5.41) is 34.0. The summed E-state index contributed by atoms with van der Waals surface area (Å²) in [6, 6.07) is 3.99. The van der Waals surface area contributed by atoms with Crippen molar-refractivity contribution in [3.05, 3.63) is 35.9 Å². The Hall–Kier alpha value is -4.04. The van der Waals surface area contributed by atoms with Crippen LogP contribution in [0.1, 0.15) is 73.3 Å². The molecule has 1 aromatic carbocycles. The Morgan fingerprint density at radius 3 is 2.00 bits per heavy atom. The van der Waals surface area contributed by atoms with Crippen LogP contribution in [0.4, 0.5) is 4.79 Å². The van der Waals surface area contributed by atoms with Crippen molar-refractivity contribution >= 4 is 36.0 Å². The maximum absolute atomic E-state index is 13.4. The third-order valence-corrected chi connectivity index (χ3v) is 8.17. The fourth-order valence-electron chi connectivity index (χ4n) is 5.47. The molecule has 7 N–H and O–H groups in total. The molecule has 8 unspecified atom stereocenters. The quantitative estimate of drug-likeness (QED) is 0.131. The number of hydrogen-bond acceptors (Lipinski definition) is 9. The average Bonchev–Trinajstić information content (AvgIpc) is 3.51. The first-order valence-corrected chi connectivity index (χ1v) is 16.4. The third-order valence-electron chi connectivity index (χ3n) is 8.17. The number of ether oxygens (including phenoxy) is 1. The van der Waals surface area contributed by atoms with Crippen LogP contribution in [0.5, 0.6) is 0 Å². The van der Waals surface area contributed by atoms with E-state index in [1.807, 2.05) is 36.6 Å². The number of alkyl carbamates (subject to hydrolysis) is 1. The summed E-state index contributed by atoms with van der Waals surface area (Å²) >= 11 is 0. The number of aliphatic hydroxyl groups is 2. The topological polar surface area (TPSA) is 212 Å². The van der Waals surface area contributed by atoms with Gasteiger partial charge in [0.15, 0.2) is 0 Å². The lowest BCUT2D eigenvalue weighted by atomic mass is 9.84. The van der Waals surface area contributed by atoms with Crippen LogP contribution in [-0.4, -0.2) is 94.7 Å². The maximum Gasteiger partial charge on any atom is 0.408 e. The molecule has 1 aromatic rings. The minimum atomic E-state index is -1.38. The Balaban J connectivity index is 2.10. The Morgan fingerprint density at radius 1 is 0.875 bits per heavy atom. The monoisotopic (exact) mass is 674 g/mol. The highest BCUT2D eigenvalue weighted by Gasteiger charge is 2.42. The zero-order chi connectivity index (χ0) is 36.2. The van der Waals surface area contributed by atoms with Gasteiger partial charge in [0.25, 0.3) is 0 Å². The lowest BCUT2D eigenvalue weighted by Gasteiger charge is -2.33. The summed E-state index contributed by atoms with van der Waals surface area (Å²) in [5.41, 5.74) is 0.00360. The van der Waals surface area contributed by atoms with E-state index >= 15 is 0 Å². The molecule has 0 spiro atoms.